The van der Waals surface area contributed by atoms with Crippen LogP contribution in [0.25, 0.3) is 0 Å². The summed E-state index contributed by atoms with van der Waals surface area (Å²) in [5.74, 6) is 0.0736. The Labute approximate surface area is 146 Å². The maximum atomic E-state index is 12.7. The number of thiazole rings is 1. The van der Waals surface area contributed by atoms with E-state index in [0.29, 0.717) is 5.69 Å². The average Bonchev–Trinajstić information content (AvgIpc) is 3.26. The third-order valence-corrected chi connectivity index (χ3v) is 5.96. The summed E-state index contributed by atoms with van der Waals surface area (Å²) in [4.78, 5) is 25.8. The number of amides is 1. The molecule has 2 aromatic heterocycles. The number of carbonyl (C=O) groups excluding carboxylic acids is 1. The van der Waals surface area contributed by atoms with Gasteiger partial charge in [0.25, 0.3) is 5.91 Å². The fourth-order valence-electron chi connectivity index (χ4n) is 4.06. The molecule has 0 radical (unpaired) electrons. The van der Waals surface area contributed by atoms with Crippen LogP contribution in [0, 0.1) is 5.41 Å². The summed E-state index contributed by atoms with van der Waals surface area (Å²) in [7, 11) is 0. The fourth-order valence-corrected chi connectivity index (χ4v) is 4.72. The molecule has 1 atom stereocenters. The molecule has 2 aliphatic rings. The molecule has 0 bridgehead atoms. The second-order valence-corrected chi connectivity index (χ2v) is 7.91. The van der Waals surface area contributed by atoms with Gasteiger partial charge < -0.3 is 4.90 Å². The first-order chi connectivity index (χ1) is 11.7. The lowest BCUT2D eigenvalue weighted by Crippen LogP contribution is -2.45. The molecular formula is C18H22N4OS. The zero-order chi connectivity index (χ0) is 16.4. The Balaban J connectivity index is 1.42. The number of hydrogen-bond donors (Lipinski definition) is 0. The lowest BCUT2D eigenvalue weighted by Gasteiger charge is -2.40. The Morgan fingerprint density at radius 1 is 1.17 bits per heavy atom. The van der Waals surface area contributed by atoms with Crippen LogP contribution in [-0.4, -0.2) is 51.9 Å². The molecule has 5 nitrogen and oxygen atoms in total. The van der Waals surface area contributed by atoms with Crippen LogP contribution < -0.4 is 0 Å². The van der Waals surface area contributed by atoms with Gasteiger partial charge in [0, 0.05) is 42.8 Å². The lowest BCUT2D eigenvalue weighted by atomic mass is 9.79. The molecule has 2 aromatic rings. The highest BCUT2D eigenvalue weighted by molar-refractivity contribution is 7.09. The SMILES string of the molecule is O=C(c1ccccn1)N1CCC2(CCCN(Cc3nccs3)C2)C1. The minimum absolute atomic E-state index is 0.0736. The van der Waals surface area contributed by atoms with Crippen molar-refractivity contribution in [1.82, 2.24) is 19.8 Å². The highest BCUT2D eigenvalue weighted by atomic mass is 32.1. The van der Waals surface area contributed by atoms with Gasteiger partial charge in [-0.3, -0.25) is 14.7 Å². The summed E-state index contributed by atoms with van der Waals surface area (Å²) >= 11 is 1.72. The van der Waals surface area contributed by atoms with E-state index in [-0.39, 0.29) is 11.3 Å². The molecule has 0 saturated carbocycles. The monoisotopic (exact) mass is 342 g/mol. The number of piperidine rings is 1. The summed E-state index contributed by atoms with van der Waals surface area (Å²) in [6.07, 6.45) is 7.09. The van der Waals surface area contributed by atoms with Crippen LogP contribution in [0.5, 0.6) is 0 Å². The predicted molar refractivity (Wildman–Crippen MR) is 93.8 cm³/mol. The normalized spacial score (nSPS) is 24.6. The van der Waals surface area contributed by atoms with E-state index in [1.165, 1.54) is 17.8 Å². The molecule has 1 unspecified atom stereocenters. The van der Waals surface area contributed by atoms with Gasteiger partial charge in [-0.15, -0.1) is 11.3 Å². The Hall–Kier alpha value is -1.79. The van der Waals surface area contributed by atoms with Gasteiger partial charge in [-0.2, -0.15) is 0 Å². The zero-order valence-corrected chi connectivity index (χ0v) is 14.5. The first kappa shape index (κ1) is 15.7. The summed E-state index contributed by atoms with van der Waals surface area (Å²) in [6.45, 7) is 4.85. The summed E-state index contributed by atoms with van der Waals surface area (Å²) in [6, 6.07) is 5.53. The first-order valence-corrected chi connectivity index (χ1v) is 9.43. The van der Waals surface area contributed by atoms with Gasteiger partial charge >= 0.3 is 0 Å². The van der Waals surface area contributed by atoms with Crippen LogP contribution in [0.2, 0.25) is 0 Å². The van der Waals surface area contributed by atoms with Crippen molar-refractivity contribution in [2.45, 2.75) is 25.8 Å². The summed E-state index contributed by atoms with van der Waals surface area (Å²) in [5, 5.41) is 3.23. The number of likely N-dealkylation sites (tertiary alicyclic amines) is 2. The molecule has 2 saturated heterocycles. The maximum absolute atomic E-state index is 12.7. The molecule has 24 heavy (non-hydrogen) atoms. The summed E-state index contributed by atoms with van der Waals surface area (Å²) < 4.78 is 0. The Morgan fingerprint density at radius 2 is 2.12 bits per heavy atom. The first-order valence-electron chi connectivity index (χ1n) is 8.55. The standard InChI is InChI=1S/C18H22N4OS/c23-17(15-4-1-2-7-19-15)22-10-6-18(14-22)5-3-9-21(13-18)12-16-20-8-11-24-16/h1-2,4,7-8,11H,3,5-6,9-10,12-14H2. The molecule has 4 heterocycles. The molecular weight excluding hydrogens is 320 g/mol. The predicted octanol–water partition coefficient (Wildman–Crippen LogP) is 2.67. The van der Waals surface area contributed by atoms with E-state index in [0.717, 1.165) is 39.1 Å². The molecule has 2 fully saturated rings. The van der Waals surface area contributed by atoms with Crippen molar-refractivity contribution in [2.24, 2.45) is 5.41 Å². The minimum Gasteiger partial charge on any atom is -0.337 e. The number of hydrogen-bond acceptors (Lipinski definition) is 5. The molecule has 4 rings (SSSR count). The average molecular weight is 342 g/mol. The van der Waals surface area contributed by atoms with Gasteiger partial charge in [-0.1, -0.05) is 6.07 Å². The number of rotatable bonds is 3. The van der Waals surface area contributed by atoms with Crippen LogP contribution in [0.1, 0.15) is 34.8 Å². The minimum atomic E-state index is 0.0736. The highest BCUT2D eigenvalue weighted by Crippen LogP contribution is 2.39. The van der Waals surface area contributed by atoms with Gasteiger partial charge in [-0.05, 0) is 37.9 Å². The van der Waals surface area contributed by atoms with Crippen molar-refractivity contribution in [2.75, 3.05) is 26.2 Å². The van der Waals surface area contributed by atoms with Crippen LogP contribution in [-0.2, 0) is 6.54 Å². The number of aromatic nitrogens is 2. The van der Waals surface area contributed by atoms with Crippen molar-refractivity contribution in [3.63, 3.8) is 0 Å². The topological polar surface area (TPSA) is 49.3 Å². The molecule has 0 aromatic carbocycles. The van der Waals surface area contributed by atoms with Gasteiger partial charge in [0.1, 0.15) is 10.7 Å². The molecule has 1 amide bonds. The van der Waals surface area contributed by atoms with Crippen molar-refractivity contribution in [1.29, 1.82) is 0 Å². The number of carbonyl (C=O) groups is 1. The van der Waals surface area contributed by atoms with E-state index in [1.54, 1.807) is 17.5 Å². The van der Waals surface area contributed by atoms with E-state index < -0.39 is 0 Å². The number of pyridine rings is 1. The third kappa shape index (κ3) is 3.21. The largest absolute Gasteiger partial charge is 0.337 e. The lowest BCUT2D eigenvalue weighted by molar-refractivity contribution is 0.0671. The van der Waals surface area contributed by atoms with Gasteiger partial charge in [0.05, 0.1) is 6.54 Å². The second-order valence-electron chi connectivity index (χ2n) is 6.93. The quantitative estimate of drug-likeness (QED) is 0.860. The Bertz CT molecular complexity index is 690. The van der Waals surface area contributed by atoms with Crippen LogP contribution >= 0.6 is 11.3 Å². The fraction of sp³-hybridized carbons (Fsp3) is 0.500. The van der Waals surface area contributed by atoms with Crippen molar-refractivity contribution >= 4 is 17.2 Å². The molecule has 2 aliphatic heterocycles. The van der Waals surface area contributed by atoms with E-state index in [9.17, 15) is 4.79 Å². The molecule has 1 spiro atoms. The van der Waals surface area contributed by atoms with E-state index >= 15 is 0 Å². The van der Waals surface area contributed by atoms with Gasteiger partial charge in [0.2, 0.25) is 0 Å². The molecule has 0 N–H and O–H groups in total. The van der Waals surface area contributed by atoms with Crippen LogP contribution in [0.4, 0.5) is 0 Å². The van der Waals surface area contributed by atoms with Crippen molar-refractivity contribution < 1.29 is 4.79 Å². The van der Waals surface area contributed by atoms with E-state index in [4.69, 9.17) is 0 Å². The van der Waals surface area contributed by atoms with Gasteiger partial charge in [0.15, 0.2) is 0 Å². The third-order valence-electron chi connectivity index (χ3n) is 5.19. The smallest absolute Gasteiger partial charge is 0.272 e. The van der Waals surface area contributed by atoms with Crippen LogP contribution in [0.15, 0.2) is 36.0 Å². The van der Waals surface area contributed by atoms with Crippen LogP contribution in [0.3, 0.4) is 0 Å². The zero-order valence-electron chi connectivity index (χ0n) is 13.7. The van der Waals surface area contributed by atoms with Crippen molar-refractivity contribution in [3.05, 3.63) is 46.7 Å². The Kier molecular flexibility index (Phi) is 4.33. The van der Waals surface area contributed by atoms with E-state index in [2.05, 4.69) is 14.9 Å². The van der Waals surface area contributed by atoms with Crippen molar-refractivity contribution in [3.8, 4) is 0 Å². The summed E-state index contributed by atoms with van der Waals surface area (Å²) in [5.41, 5.74) is 0.810. The van der Waals surface area contributed by atoms with E-state index in [1.807, 2.05) is 34.7 Å². The Morgan fingerprint density at radius 3 is 2.92 bits per heavy atom. The highest BCUT2D eigenvalue weighted by Gasteiger charge is 2.43. The molecule has 0 aliphatic carbocycles. The number of nitrogens with zero attached hydrogens (tertiary/aromatic N) is 4. The van der Waals surface area contributed by atoms with Gasteiger partial charge in [-0.25, -0.2) is 4.98 Å². The second kappa shape index (κ2) is 6.61. The molecule has 6 heteroatoms. The maximum Gasteiger partial charge on any atom is 0.272 e. The molecule has 126 valence electrons.